The summed E-state index contributed by atoms with van der Waals surface area (Å²) in [6.45, 7) is 5.92. The topological polar surface area (TPSA) is 89.8 Å². The Balaban J connectivity index is 2.72. The van der Waals surface area contributed by atoms with Gasteiger partial charge in [0.25, 0.3) is 0 Å². The number of rotatable bonds is 4. The molecule has 0 aliphatic rings. The van der Waals surface area contributed by atoms with Crippen LogP contribution in [0.4, 0.5) is 0 Å². The van der Waals surface area contributed by atoms with Crippen molar-refractivity contribution in [2.24, 2.45) is 10.7 Å². The smallest absolute Gasteiger partial charge is 0.341 e. The molecule has 0 spiro atoms. The zero-order valence-corrected chi connectivity index (χ0v) is 11.1. The average molecular weight is 253 g/mol. The molecule has 0 atom stereocenters. The molecule has 0 fully saturated rings. The van der Waals surface area contributed by atoms with E-state index in [0.717, 1.165) is 0 Å². The fourth-order valence-corrected chi connectivity index (χ4v) is 1.44. The number of aliphatic imine (C=N–C) groups is 1. The van der Waals surface area contributed by atoms with Gasteiger partial charge in [0.1, 0.15) is 23.6 Å². The minimum absolute atomic E-state index is 0.220. The van der Waals surface area contributed by atoms with Gasteiger partial charge in [-0.1, -0.05) is 0 Å². The van der Waals surface area contributed by atoms with Crippen LogP contribution in [0.25, 0.3) is 0 Å². The number of nitrogens with two attached hydrogens (primary N) is 1. The molecular formula is C12H19N3O3. The second-order valence-corrected chi connectivity index (χ2v) is 4.17. The summed E-state index contributed by atoms with van der Waals surface area (Å²) in [6.07, 6.45) is 0. The minimum Gasteiger partial charge on any atom is -0.465 e. The summed E-state index contributed by atoms with van der Waals surface area (Å²) < 4.78 is 10.0. The van der Waals surface area contributed by atoms with E-state index in [-0.39, 0.29) is 12.6 Å². The number of carbonyl (C=O) groups excluding carboxylic acids is 1. The molecule has 18 heavy (non-hydrogen) atoms. The number of furan rings is 1. The maximum absolute atomic E-state index is 11.4. The van der Waals surface area contributed by atoms with Crippen LogP contribution >= 0.6 is 0 Å². The van der Waals surface area contributed by atoms with Crippen molar-refractivity contribution in [3.63, 3.8) is 0 Å². The van der Waals surface area contributed by atoms with E-state index in [1.54, 1.807) is 13.0 Å². The number of guanidine groups is 1. The highest BCUT2D eigenvalue weighted by Crippen LogP contribution is 2.16. The third-order valence-electron chi connectivity index (χ3n) is 2.22. The van der Waals surface area contributed by atoms with Crippen LogP contribution in [0.3, 0.4) is 0 Å². The fraction of sp³-hybridized carbons (Fsp3) is 0.500. The van der Waals surface area contributed by atoms with Gasteiger partial charge in [-0.15, -0.1) is 0 Å². The predicted molar refractivity (Wildman–Crippen MR) is 68.4 cm³/mol. The first-order valence-electron chi connectivity index (χ1n) is 5.68. The Bertz CT molecular complexity index is 449. The van der Waals surface area contributed by atoms with E-state index in [1.807, 2.05) is 13.8 Å². The summed E-state index contributed by atoms with van der Waals surface area (Å²) in [5.74, 6) is 1.02. The lowest BCUT2D eigenvalue weighted by Crippen LogP contribution is -2.36. The van der Waals surface area contributed by atoms with Crippen molar-refractivity contribution in [1.82, 2.24) is 5.32 Å². The SMILES string of the molecule is COC(=O)c1cc(CN=C(N)NC(C)C)oc1C. The molecule has 0 saturated carbocycles. The quantitative estimate of drug-likeness (QED) is 0.478. The van der Waals surface area contributed by atoms with Crippen LogP contribution in [0.1, 0.15) is 35.7 Å². The Labute approximate surface area is 106 Å². The molecule has 6 nitrogen and oxygen atoms in total. The van der Waals surface area contributed by atoms with Crippen LogP contribution in [0, 0.1) is 6.92 Å². The molecule has 0 aliphatic carbocycles. The van der Waals surface area contributed by atoms with Gasteiger partial charge in [0.2, 0.25) is 0 Å². The lowest BCUT2D eigenvalue weighted by Gasteiger charge is -2.07. The van der Waals surface area contributed by atoms with Crippen molar-refractivity contribution in [3.8, 4) is 0 Å². The first kappa shape index (κ1) is 14.1. The Kier molecular flexibility index (Phi) is 4.76. The van der Waals surface area contributed by atoms with Crippen LogP contribution in [0.5, 0.6) is 0 Å². The molecule has 0 aromatic carbocycles. The number of esters is 1. The molecule has 0 unspecified atom stereocenters. The van der Waals surface area contributed by atoms with Crippen molar-refractivity contribution >= 4 is 11.9 Å². The molecule has 0 amide bonds. The number of methoxy groups -OCH3 is 1. The highest BCUT2D eigenvalue weighted by Gasteiger charge is 2.14. The largest absolute Gasteiger partial charge is 0.465 e. The number of ether oxygens (including phenoxy) is 1. The van der Waals surface area contributed by atoms with Gasteiger partial charge >= 0.3 is 5.97 Å². The third kappa shape index (κ3) is 3.80. The van der Waals surface area contributed by atoms with E-state index in [9.17, 15) is 4.79 Å². The van der Waals surface area contributed by atoms with Gasteiger partial charge in [-0.2, -0.15) is 0 Å². The molecular weight excluding hydrogens is 234 g/mol. The van der Waals surface area contributed by atoms with Gasteiger partial charge < -0.3 is 20.2 Å². The van der Waals surface area contributed by atoms with Gasteiger partial charge in [0, 0.05) is 6.04 Å². The number of carbonyl (C=O) groups is 1. The van der Waals surface area contributed by atoms with Gasteiger partial charge in [0.15, 0.2) is 5.96 Å². The number of nitrogens with one attached hydrogen (secondary N) is 1. The predicted octanol–water partition coefficient (Wildman–Crippen LogP) is 1.19. The first-order valence-corrected chi connectivity index (χ1v) is 5.68. The van der Waals surface area contributed by atoms with Crippen molar-refractivity contribution in [1.29, 1.82) is 0 Å². The fourth-order valence-electron chi connectivity index (χ4n) is 1.44. The summed E-state index contributed by atoms with van der Waals surface area (Å²) in [7, 11) is 1.33. The molecule has 3 N–H and O–H groups in total. The third-order valence-corrected chi connectivity index (χ3v) is 2.22. The molecule has 1 aromatic rings. The van der Waals surface area contributed by atoms with Crippen molar-refractivity contribution < 1.29 is 13.9 Å². The summed E-state index contributed by atoms with van der Waals surface area (Å²) in [5, 5.41) is 2.96. The zero-order valence-electron chi connectivity index (χ0n) is 11.1. The number of hydrogen-bond donors (Lipinski definition) is 2. The molecule has 6 heteroatoms. The van der Waals surface area contributed by atoms with E-state index < -0.39 is 5.97 Å². The molecule has 1 aromatic heterocycles. The molecule has 100 valence electrons. The van der Waals surface area contributed by atoms with Gasteiger partial charge in [-0.25, -0.2) is 9.79 Å². The zero-order chi connectivity index (χ0) is 13.7. The Morgan fingerprint density at radius 2 is 2.28 bits per heavy atom. The van der Waals surface area contributed by atoms with Crippen molar-refractivity contribution in [3.05, 3.63) is 23.2 Å². The maximum Gasteiger partial charge on any atom is 0.341 e. The second kappa shape index (κ2) is 6.09. The Hall–Kier alpha value is -1.98. The van der Waals surface area contributed by atoms with E-state index >= 15 is 0 Å². The van der Waals surface area contributed by atoms with E-state index in [2.05, 4.69) is 15.0 Å². The van der Waals surface area contributed by atoms with E-state index in [4.69, 9.17) is 10.2 Å². The Morgan fingerprint density at radius 1 is 1.61 bits per heavy atom. The molecule has 0 bridgehead atoms. The Morgan fingerprint density at radius 3 is 2.83 bits per heavy atom. The molecule has 1 heterocycles. The normalized spacial score (nSPS) is 11.7. The van der Waals surface area contributed by atoms with E-state index in [1.165, 1.54) is 7.11 Å². The minimum atomic E-state index is -0.417. The summed E-state index contributed by atoms with van der Waals surface area (Å²) >= 11 is 0. The van der Waals surface area contributed by atoms with Gasteiger partial charge in [-0.05, 0) is 26.8 Å². The lowest BCUT2D eigenvalue weighted by molar-refractivity contribution is 0.0599. The number of nitrogens with zero attached hydrogens (tertiary/aromatic N) is 1. The molecule has 0 aliphatic heterocycles. The van der Waals surface area contributed by atoms with Gasteiger partial charge in [0.05, 0.1) is 7.11 Å². The van der Waals surface area contributed by atoms with Crippen LogP contribution in [-0.4, -0.2) is 25.1 Å². The molecule has 0 radical (unpaired) electrons. The molecule has 0 saturated heterocycles. The van der Waals surface area contributed by atoms with Crippen molar-refractivity contribution in [2.45, 2.75) is 33.4 Å². The van der Waals surface area contributed by atoms with Crippen LogP contribution in [0.15, 0.2) is 15.5 Å². The van der Waals surface area contributed by atoms with Crippen LogP contribution in [0.2, 0.25) is 0 Å². The van der Waals surface area contributed by atoms with E-state index in [0.29, 0.717) is 23.0 Å². The summed E-state index contributed by atoms with van der Waals surface area (Å²) in [4.78, 5) is 15.5. The highest BCUT2D eigenvalue weighted by molar-refractivity contribution is 5.90. The van der Waals surface area contributed by atoms with Crippen LogP contribution in [-0.2, 0) is 11.3 Å². The van der Waals surface area contributed by atoms with Crippen LogP contribution < -0.4 is 11.1 Å². The van der Waals surface area contributed by atoms with Gasteiger partial charge in [-0.3, -0.25) is 0 Å². The molecule has 1 rings (SSSR count). The first-order chi connectivity index (χ1) is 8.43. The maximum atomic E-state index is 11.4. The standard InChI is InChI=1S/C12H19N3O3/c1-7(2)15-12(13)14-6-9-5-10(8(3)18-9)11(16)17-4/h5,7H,6H2,1-4H3,(H3,13,14,15). The van der Waals surface area contributed by atoms with Crippen molar-refractivity contribution in [2.75, 3.05) is 7.11 Å². The average Bonchev–Trinajstić information content (AvgIpc) is 2.66. The monoisotopic (exact) mass is 253 g/mol. The second-order valence-electron chi connectivity index (χ2n) is 4.17. The number of hydrogen-bond acceptors (Lipinski definition) is 4. The number of aryl methyl sites for hydroxylation is 1. The summed E-state index contributed by atoms with van der Waals surface area (Å²) in [6, 6.07) is 1.84. The highest BCUT2D eigenvalue weighted by atomic mass is 16.5. The summed E-state index contributed by atoms with van der Waals surface area (Å²) in [5.41, 5.74) is 6.07. The lowest BCUT2D eigenvalue weighted by atomic mass is 10.2.